The minimum absolute atomic E-state index is 0.0478. The summed E-state index contributed by atoms with van der Waals surface area (Å²) < 4.78 is 12.5. The molecule has 2 fully saturated rings. The minimum Gasteiger partial charge on any atom is -0.393 e. The Morgan fingerprint density at radius 2 is 1.73 bits per heavy atom. The van der Waals surface area contributed by atoms with E-state index in [0.717, 1.165) is 31.1 Å². The van der Waals surface area contributed by atoms with Crippen LogP contribution in [0.15, 0.2) is 0 Å². The van der Waals surface area contributed by atoms with E-state index in [0.29, 0.717) is 12.0 Å². The van der Waals surface area contributed by atoms with Crippen LogP contribution in [0.5, 0.6) is 0 Å². The SMILES string of the molecule is CCC1CC(CC(C)O)OC(C2CCCC(C(C)C)CC2)O1. The summed E-state index contributed by atoms with van der Waals surface area (Å²) in [4.78, 5) is 0. The first-order chi connectivity index (χ1) is 10.5. The fourth-order valence-electron chi connectivity index (χ4n) is 4.13. The largest absolute Gasteiger partial charge is 0.393 e. The highest BCUT2D eigenvalue weighted by molar-refractivity contribution is 4.80. The highest BCUT2D eigenvalue weighted by Gasteiger charge is 2.35. The zero-order valence-corrected chi connectivity index (χ0v) is 15.0. The molecule has 1 aliphatic heterocycles. The van der Waals surface area contributed by atoms with Gasteiger partial charge in [0.15, 0.2) is 6.29 Å². The number of rotatable bonds is 5. The van der Waals surface area contributed by atoms with Crippen LogP contribution in [0.1, 0.15) is 79.1 Å². The summed E-state index contributed by atoms with van der Waals surface area (Å²) in [7, 11) is 0. The zero-order chi connectivity index (χ0) is 16.1. The fourth-order valence-corrected chi connectivity index (χ4v) is 4.13. The van der Waals surface area contributed by atoms with Gasteiger partial charge < -0.3 is 14.6 Å². The molecule has 3 heteroatoms. The van der Waals surface area contributed by atoms with Crippen LogP contribution in [0, 0.1) is 17.8 Å². The summed E-state index contributed by atoms with van der Waals surface area (Å²) in [6, 6.07) is 0. The molecule has 1 heterocycles. The smallest absolute Gasteiger partial charge is 0.161 e. The number of aliphatic hydroxyl groups excluding tert-OH is 1. The number of ether oxygens (including phenoxy) is 2. The summed E-state index contributed by atoms with van der Waals surface area (Å²) >= 11 is 0. The lowest BCUT2D eigenvalue weighted by molar-refractivity contribution is -0.268. The van der Waals surface area contributed by atoms with E-state index in [1.165, 1.54) is 32.1 Å². The normalized spacial score (nSPS) is 38.7. The lowest BCUT2D eigenvalue weighted by Crippen LogP contribution is -2.42. The van der Waals surface area contributed by atoms with Gasteiger partial charge in [0.25, 0.3) is 0 Å². The van der Waals surface area contributed by atoms with Gasteiger partial charge in [-0.3, -0.25) is 0 Å². The first-order valence-electron chi connectivity index (χ1n) is 9.48. The van der Waals surface area contributed by atoms with E-state index >= 15 is 0 Å². The molecule has 6 unspecified atom stereocenters. The minimum atomic E-state index is -0.291. The molecule has 0 amide bonds. The lowest BCUT2D eigenvalue weighted by atomic mass is 9.88. The Labute approximate surface area is 136 Å². The van der Waals surface area contributed by atoms with E-state index in [9.17, 15) is 5.11 Å². The van der Waals surface area contributed by atoms with Gasteiger partial charge in [0.05, 0.1) is 18.3 Å². The molecule has 6 atom stereocenters. The summed E-state index contributed by atoms with van der Waals surface area (Å²) in [6.07, 6.45) is 9.24. The predicted molar refractivity (Wildman–Crippen MR) is 89.6 cm³/mol. The van der Waals surface area contributed by atoms with Crippen LogP contribution in [0.25, 0.3) is 0 Å². The van der Waals surface area contributed by atoms with E-state index in [2.05, 4.69) is 20.8 Å². The van der Waals surface area contributed by atoms with Crippen molar-refractivity contribution in [3.63, 3.8) is 0 Å². The molecule has 0 radical (unpaired) electrons. The van der Waals surface area contributed by atoms with Crippen molar-refractivity contribution >= 4 is 0 Å². The van der Waals surface area contributed by atoms with Crippen molar-refractivity contribution in [2.45, 2.75) is 104 Å². The second-order valence-corrected chi connectivity index (χ2v) is 7.89. The first kappa shape index (κ1) is 18.2. The molecule has 2 rings (SSSR count). The van der Waals surface area contributed by atoms with Gasteiger partial charge in [0, 0.05) is 12.3 Å². The van der Waals surface area contributed by atoms with Crippen LogP contribution in [0.2, 0.25) is 0 Å². The van der Waals surface area contributed by atoms with Crippen molar-refractivity contribution in [2.75, 3.05) is 0 Å². The molecule has 1 aliphatic carbocycles. The molecule has 1 saturated carbocycles. The molecule has 1 N–H and O–H groups in total. The van der Waals surface area contributed by atoms with Gasteiger partial charge in [-0.1, -0.05) is 33.6 Å². The van der Waals surface area contributed by atoms with Crippen LogP contribution in [0.4, 0.5) is 0 Å². The lowest BCUT2D eigenvalue weighted by Gasteiger charge is -2.39. The molecule has 2 aliphatic rings. The molecular weight excluding hydrogens is 276 g/mol. The Morgan fingerprint density at radius 3 is 2.36 bits per heavy atom. The van der Waals surface area contributed by atoms with Crippen LogP contribution in [-0.2, 0) is 9.47 Å². The fraction of sp³-hybridized carbons (Fsp3) is 1.00. The van der Waals surface area contributed by atoms with E-state index in [-0.39, 0.29) is 18.5 Å². The van der Waals surface area contributed by atoms with Crippen molar-refractivity contribution in [3.8, 4) is 0 Å². The van der Waals surface area contributed by atoms with Crippen molar-refractivity contribution in [1.82, 2.24) is 0 Å². The standard InChI is InChI=1S/C19H36O3/c1-5-17-12-18(11-14(4)20)22-19(21-17)16-8-6-7-15(9-10-16)13(2)3/h13-20H,5-12H2,1-4H3. The Hall–Kier alpha value is -0.120. The molecule has 0 spiro atoms. The van der Waals surface area contributed by atoms with Gasteiger partial charge in [-0.2, -0.15) is 0 Å². The summed E-state index contributed by atoms with van der Waals surface area (Å²) in [6.45, 7) is 8.75. The van der Waals surface area contributed by atoms with Crippen molar-refractivity contribution in [3.05, 3.63) is 0 Å². The summed E-state index contributed by atoms with van der Waals surface area (Å²) in [5, 5.41) is 9.68. The molecule has 0 aromatic carbocycles. The van der Waals surface area contributed by atoms with E-state index < -0.39 is 0 Å². The second-order valence-electron chi connectivity index (χ2n) is 7.89. The van der Waals surface area contributed by atoms with Crippen LogP contribution >= 0.6 is 0 Å². The van der Waals surface area contributed by atoms with Crippen molar-refractivity contribution in [2.24, 2.45) is 17.8 Å². The van der Waals surface area contributed by atoms with E-state index in [1.54, 1.807) is 0 Å². The third kappa shape index (κ3) is 5.21. The number of aliphatic hydroxyl groups is 1. The average Bonchev–Trinajstić information content (AvgIpc) is 2.72. The Balaban J connectivity index is 1.94. The molecule has 1 saturated heterocycles. The maximum absolute atomic E-state index is 9.68. The van der Waals surface area contributed by atoms with Crippen molar-refractivity contribution in [1.29, 1.82) is 0 Å². The second kappa shape index (κ2) is 8.65. The molecule has 0 bridgehead atoms. The molecular formula is C19H36O3. The highest BCUT2D eigenvalue weighted by atomic mass is 16.7. The van der Waals surface area contributed by atoms with Gasteiger partial charge >= 0.3 is 0 Å². The zero-order valence-electron chi connectivity index (χ0n) is 15.0. The maximum atomic E-state index is 9.68. The maximum Gasteiger partial charge on any atom is 0.161 e. The van der Waals surface area contributed by atoms with E-state index in [1.807, 2.05) is 6.92 Å². The third-order valence-corrected chi connectivity index (χ3v) is 5.62. The first-order valence-corrected chi connectivity index (χ1v) is 9.48. The van der Waals surface area contributed by atoms with Gasteiger partial charge in [-0.25, -0.2) is 0 Å². The van der Waals surface area contributed by atoms with Gasteiger partial charge in [-0.05, 0) is 50.9 Å². The van der Waals surface area contributed by atoms with Gasteiger partial charge in [0.1, 0.15) is 0 Å². The predicted octanol–water partition coefficient (Wildman–Crippen LogP) is 4.52. The van der Waals surface area contributed by atoms with Crippen molar-refractivity contribution < 1.29 is 14.6 Å². The average molecular weight is 312 g/mol. The van der Waals surface area contributed by atoms with Crippen LogP contribution in [0.3, 0.4) is 0 Å². The number of hydrogen-bond donors (Lipinski definition) is 1. The van der Waals surface area contributed by atoms with Gasteiger partial charge in [-0.15, -0.1) is 0 Å². The van der Waals surface area contributed by atoms with Gasteiger partial charge in [0.2, 0.25) is 0 Å². The Morgan fingerprint density at radius 1 is 1.00 bits per heavy atom. The van der Waals surface area contributed by atoms with E-state index in [4.69, 9.17) is 9.47 Å². The summed E-state index contributed by atoms with van der Waals surface area (Å²) in [5.74, 6) is 2.19. The van der Waals surface area contributed by atoms with Crippen LogP contribution < -0.4 is 0 Å². The molecule has 0 aromatic rings. The van der Waals surface area contributed by atoms with Crippen LogP contribution in [-0.4, -0.2) is 29.7 Å². The quantitative estimate of drug-likeness (QED) is 0.759. The summed E-state index contributed by atoms with van der Waals surface area (Å²) in [5.41, 5.74) is 0. The molecule has 0 aromatic heterocycles. The highest BCUT2D eigenvalue weighted by Crippen LogP contribution is 2.37. The molecule has 3 nitrogen and oxygen atoms in total. The number of hydrogen-bond acceptors (Lipinski definition) is 3. The Kier molecular flexibility index (Phi) is 7.17. The monoisotopic (exact) mass is 312 g/mol. The third-order valence-electron chi connectivity index (χ3n) is 5.62. The Bertz CT molecular complexity index is 316. The topological polar surface area (TPSA) is 38.7 Å². The molecule has 130 valence electrons. The molecule has 22 heavy (non-hydrogen) atoms.